The van der Waals surface area contributed by atoms with Gasteiger partial charge in [0, 0.05) is 26.7 Å². The highest BCUT2D eigenvalue weighted by atomic mass is 32.1. The van der Waals surface area contributed by atoms with Crippen LogP contribution in [0, 0.1) is 18.7 Å². The molecule has 0 saturated carbocycles. The molecule has 0 spiro atoms. The highest BCUT2D eigenvalue weighted by Crippen LogP contribution is 2.31. The average Bonchev–Trinajstić information content (AvgIpc) is 3.57. The third-order valence-electron chi connectivity index (χ3n) is 6.45. The molecule has 0 unspecified atom stereocenters. The number of aromatic nitrogens is 5. The molecule has 0 aliphatic heterocycles. The van der Waals surface area contributed by atoms with Crippen molar-refractivity contribution in [1.82, 2.24) is 29.4 Å². The van der Waals surface area contributed by atoms with Gasteiger partial charge < -0.3 is 15.2 Å². The largest absolute Gasteiger partial charge is 0.496 e. The van der Waals surface area contributed by atoms with Crippen molar-refractivity contribution >= 4 is 27.5 Å². The smallest absolute Gasteiger partial charge is 0.333 e. The normalized spacial score (nSPS) is 11.5. The van der Waals surface area contributed by atoms with Gasteiger partial charge in [-0.25, -0.2) is 13.8 Å². The Morgan fingerprint density at radius 3 is 2.44 bits per heavy atom. The summed E-state index contributed by atoms with van der Waals surface area (Å²) in [5.74, 6) is 0.0452. The summed E-state index contributed by atoms with van der Waals surface area (Å²) in [5.41, 5.74) is -1.51. The van der Waals surface area contributed by atoms with Crippen LogP contribution < -0.4 is 21.3 Å². The number of thiophene rings is 1. The molecule has 224 valence electrons. The molecule has 0 radical (unpaired) electrons. The van der Waals surface area contributed by atoms with Gasteiger partial charge in [0.05, 0.1) is 24.9 Å². The molecule has 13 heteroatoms. The number of methoxy groups -OCH3 is 1. The summed E-state index contributed by atoms with van der Waals surface area (Å²) in [6, 6.07) is 4.18. The van der Waals surface area contributed by atoms with Crippen LogP contribution in [0.25, 0.3) is 15.2 Å². The van der Waals surface area contributed by atoms with Crippen molar-refractivity contribution in [3.63, 3.8) is 0 Å². The van der Waals surface area contributed by atoms with Crippen molar-refractivity contribution in [2.45, 2.75) is 60.0 Å². The topological polar surface area (TPSA) is 133 Å². The molecule has 41 heavy (non-hydrogen) atoms. The van der Waals surface area contributed by atoms with Gasteiger partial charge in [-0.05, 0) is 63.8 Å². The first-order valence-electron chi connectivity index (χ1n) is 13.3. The number of ether oxygens (including phenoxy) is 1. The SMILES string of the molecule is CC(C)CO.CCNC(=O)C(C)(C)n1c(=O)c2c(C)c(-n3nccn3)sc2n(CCc2cc(F)ccc2OC)c1=O.[HH]. The molecule has 4 aromatic rings. The third kappa shape index (κ3) is 6.57. The number of halogens is 1. The first-order chi connectivity index (χ1) is 19.4. The molecule has 4 rings (SSSR count). The zero-order valence-electron chi connectivity index (χ0n) is 24.4. The number of likely N-dealkylation sites (N-methyl/N-ethyl adjacent to an activating group) is 1. The van der Waals surface area contributed by atoms with Crippen LogP contribution in [0.3, 0.4) is 0 Å². The molecule has 2 N–H and O–H groups in total. The summed E-state index contributed by atoms with van der Waals surface area (Å²) in [5, 5.41) is 20.1. The lowest BCUT2D eigenvalue weighted by molar-refractivity contribution is -0.128. The number of aliphatic hydroxyl groups is 1. The first-order valence-corrected chi connectivity index (χ1v) is 14.1. The number of rotatable bonds is 9. The maximum Gasteiger partial charge on any atom is 0.333 e. The van der Waals surface area contributed by atoms with E-state index >= 15 is 0 Å². The summed E-state index contributed by atoms with van der Waals surface area (Å²) in [6.45, 7) is 11.3. The lowest BCUT2D eigenvalue weighted by Crippen LogP contribution is -2.55. The number of carbonyl (C=O) groups excluding carboxylic acids is 1. The van der Waals surface area contributed by atoms with Crippen molar-refractivity contribution in [2.75, 3.05) is 20.3 Å². The Labute approximate surface area is 242 Å². The van der Waals surface area contributed by atoms with E-state index in [4.69, 9.17) is 9.84 Å². The quantitative estimate of drug-likeness (QED) is 0.306. The monoisotopic (exact) mass is 590 g/mol. The second kappa shape index (κ2) is 13.2. The lowest BCUT2D eigenvalue weighted by Gasteiger charge is -2.26. The number of amides is 1. The van der Waals surface area contributed by atoms with Crippen LogP contribution >= 0.6 is 11.3 Å². The number of aliphatic hydroxyl groups excluding tert-OH is 1. The van der Waals surface area contributed by atoms with Crippen LogP contribution in [0.15, 0.2) is 40.2 Å². The number of nitrogens with one attached hydrogen (secondary N) is 1. The van der Waals surface area contributed by atoms with Crippen molar-refractivity contribution in [1.29, 1.82) is 0 Å². The number of aryl methyl sites for hydroxylation is 3. The van der Waals surface area contributed by atoms with Crippen molar-refractivity contribution in [3.8, 4) is 10.8 Å². The van der Waals surface area contributed by atoms with Gasteiger partial charge in [0.1, 0.15) is 26.9 Å². The van der Waals surface area contributed by atoms with Crippen LogP contribution in [-0.2, 0) is 23.3 Å². The van der Waals surface area contributed by atoms with Crippen LogP contribution in [0.5, 0.6) is 5.75 Å². The van der Waals surface area contributed by atoms with Crippen LogP contribution in [-0.4, -0.2) is 55.4 Å². The zero-order valence-corrected chi connectivity index (χ0v) is 25.2. The lowest BCUT2D eigenvalue weighted by atomic mass is 10.0. The van der Waals surface area contributed by atoms with Crippen LogP contribution in [0.1, 0.15) is 47.2 Å². The van der Waals surface area contributed by atoms with Crippen molar-refractivity contribution < 1.29 is 20.5 Å². The predicted octanol–water partition coefficient (Wildman–Crippen LogP) is 3.26. The summed E-state index contributed by atoms with van der Waals surface area (Å²) in [4.78, 5) is 42.3. The van der Waals surface area contributed by atoms with Crippen molar-refractivity contribution in [2.24, 2.45) is 5.92 Å². The molecular weight excluding hydrogens is 551 g/mol. The van der Waals surface area contributed by atoms with E-state index in [0.29, 0.717) is 51.2 Å². The minimum atomic E-state index is -1.46. The fourth-order valence-corrected chi connectivity index (χ4v) is 5.43. The van der Waals surface area contributed by atoms with E-state index in [2.05, 4.69) is 15.5 Å². The van der Waals surface area contributed by atoms with E-state index < -0.39 is 28.5 Å². The van der Waals surface area contributed by atoms with Gasteiger partial charge in [0.2, 0.25) is 5.91 Å². The Hall–Kier alpha value is -3.84. The molecule has 3 aromatic heterocycles. The number of benzene rings is 1. The fraction of sp³-hybridized carbons (Fsp3) is 0.464. The number of fused-ring (bicyclic) bond motifs is 1. The second-order valence-corrected chi connectivity index (χ2v) is 11.3. The summed E-state index contributed by atoms with van der Waals surface area (Å²) >= 11 is 1.20. The summed E-state index contributed by atoms with van der Waals surface area (Å²) < 4.78 is 21.8. The first kappa shape index (κ1) is 31.7. The van der Waals surface area contributed by atoms with Gasteiger partial charge in [-0.1, -0.05) is 25.2 Å². The third-order valence-corrected chi connectivity index (χ3v) is 7.73. The molecule has 1 amide bonds. The Bertz CT molecular complexity index is 1630. The maximum absolute atomic E-state index is 14.0. The van der Waals surface area contributed by atoms with Crippen LogP contribution in [0.2, 0.25) is 0 Å². The molecule has 0 bridgehead atoms. The molecular formula is C28H39FN6O5S. The van der Waals surface area contributed by atoms with E-state index in [0.717, 1.165) is 4.57 Å². The molecule has 0 saturated heterocycles. The Balaban J connectivity index is 0.000000947. The van der Waals surface area contributed by atoms with Crippen molar-refractivity contribution in [3.05, 3.63) is 68.4 Å². The van der Waals surface area contributed by atoms with Crippen LogP contribution in [0.4, 0.5) is 4.39 Å². The average molecular weight is 591 g/mol. The van der Waals surface area contributed by atoms with Gasteiger partial charge >= 0.3 is 5.69 Å². The number of hydrogen-bond acceptors (Lipinski definition) is 8. The van der Waals surface area contributed by atoms with E-state index in [1.165, 1.54) is 72.3 Å². The minimum Gasteiger partial charge on any atom is -0.496 e. The molecule has 0 aliphatic rings. The Morgan fingerprint density at radius 1 is 1.24 bits per heavy atom. The second-order valence-electron chi connectivity index (χ2n) is 10.3. The predicted molar refractivity (Wildman–Crippen MR) is 159 cm³/mol. The Kier molecular flexibility index (Phi) is 10.2. The molecule has 0 atom stereocenters. The van der Waals surface area contributed by atoms with Gasteiger partial charge in [0.15, 0.2) is 0 Å². The van der Waals surface area contributed by atoms with Gasteiger partial charge in [0.25, 0.3) is 5.56 Å². The summed E-state index contributed by atoms with van der Waals surface area (Å²) in [6.07, 6.45) is 3.29. The minimum absolute atomic E-state index is 0. The van der Waals surface area contributed by atoms with Gasteiger partial charge in [-0.3, -0.25) is 14.2 Å². The van der Waals surface area contributed by atoms with E-state index in [-0.39, 0.29) is 14.4 Å². The van der Waals surface area contributed by atoms with Gasteiger partial charge in [-0.2, -0.15) is 10.2 Å². The van der Waals surface area contributed by atoms with E-state index in [1.54, 1.807) is 13.8 Å². The zero-order chi connectivity index (χ0) is 30.5. The Morgan fingerprint density at radius 2 is 1.88 bits per heavy atom. The number of nitrogens with zero attached hydrogens (tertiary/aromatic N) is 5. The molecule has 3 heterocycles. The molecule has 0 fully saturated rings. The fourth-order valence-electron chi connectivity index (χ4n) is 4.19. The van der Waals surface area contributed by atoms with E-state index in [1.807, 2.05) is 13.8 Å². The van der Waals surface area contributed by atoms with E-state index in [9.17, 15) is 18.8 Å². The molecule has 0 aliphatic carbocycles. The highest BCUT2D eigenvalue weighted by Gasteiger charge is 2.35. The number of carbonyl (C=O) groups is 1. The summed E-state index contributed by atoms with van der Waals surface area (Å²) in [7, 11) is 1.49. The highest BCUT2D eigenvalue weighted by molar-refractivity contribution is 7.21. The molecule has 11 nitrogen and oxygen atoms in total. The molecule has 1 aromatic carbocycles. The van der Waals surface area contributed by atoms with Gasteiger partial charge in [-0.15, -0.1) is 4.80 Å². The number of hydrogen-bond donors (Lipinski definition) is 2. The maximum atomic E-state index is 14.0. The standard InChI is InChI=1S/C24H27FN6O4S.C4H10O.H2/c1-6-26-22(33)24(3,4)30-19(32)18-14(2)20(31-27-10-11-28-31)36-21(18)29(23(30)34)12-9-15-13-16(25)7-8-17(15)35-5;1-4(2)3-5;/h7-8,10-11,13H,6,9,12H2,1-5H3,(H,26,33);4-5H,3H2,1-2H3;1H.